The van der Waals surface area contributed by atoms with Crippen molar-refractivity contribution < 1.29 is 8.81 Å². The van der Waals surface area contributed by atoms with E-state index >= 15 is 0 Å². The van der Waals surface area contributed by atoms with Gasteiger partial charge in [0.25, 0.3) is 5.56 Å². The van der Waals surface area contributed by atoms with Crippen molar-refractivity contribution in [1.29, 1.82) is 0 Å². The van der Waals surface area contributed by atoms with E-state index in [4.69, 9.17) is 10.2 Å². The Morgan fingerprint density at radius 2 is 1.85 bits per heavy atom. The monoisotopic (exact) mass is 445 g/mol. The summed E-state index contributed by atoms with van der Waals surface area (Å²) in [5.41, 5.74) is 9.40. The number of benzene rings is 2. The number of hydrogen-bond donors (Lipinski definition) is 2. The fourth-order valence-electron chi connectivity index (χ4n) is 4.38. The minimum atomic E-state index is -0.592. The van der Waals surface area contributed by atoms with Crippen LogP contribution in [0, 0.1) is 26.6 Å². The largest absolute Gasteiger partial charge is 0.421 e. The van der Waals surface area contributed by atoms with Gasteiger partial charge in [0.15, 0.2) is 5.58 Å². The molecule has 6 nitrogen and oxygen atoms in total. The van der Waals surface area contributed by atoms with Crippen molar-refractivity contribution >= 4 is 28.0 Å². The Labute approximate surface area is 189 Å². The van der Waals surface area contributed by atoms with Gasteiger partial charge in [0, 0.05) is 23.0 Å². The first-order valence-electron chi connectivity index (χ1n) is 10.9. The quantitative estimate of drug-likeness (QED) is 0.414. The number of nitrogens with zero attached hydrogens (tertiary/aromatic N) is 1. The first-order chi connectivity index (χ1) is 15.8. The summed E-state index contributed by atoms with van der Waals surface area (Å²) in [5, 5.41) is 3.24. The number of halogens is 1. The second-order valence-corrected chi connectivity index (χ2v) is 8.69. The number of rotatable bonds is 4. The van der Waals surface area contributed by atoms with Crippen LogP contribution in [0.2, 0.25) is 0 Å². The van der Waals surface area contributed by atoms with Crippen molar-refractivity contribution in [3.05, 3.63) is 85.9 Å². The van der Waals surface area contributed by atoms with Gasteiger partial charge in [-0.2, -0.15) is 0 Å². The molecule has 4 aromatic rings. The van der Waals surface area contributed by atoms with E-state index in [9.17, 15) is 14.0 Å². The Morgan fingerprint density at radius 1 is 1.09 bits per heavy atom. The topological polar surface area (TPSA) is 90.3 Å². The highest BCUT2D eigenvalue weighted by Gasteiger charge is 2.31. The number of hydrogen-bond acceptors (Lipinski definition) is 5. The molecule has 0 amide bonds. The third-order valence-electron chi connectivity index (χ3n) is 6.21. The van der Waals surface area contributed by atoms with E-state index in [0.29, 0.717) is 16.9 Å². The van der Waals surface area contributed by atoms with Crippen molar-refractivity contribution in [2.45, 2.75) is 39.7 Å². The first kappa shape index (κ1) is 21.0. The molecule has 0 aliphatic heterocycles. The summed E-state index contributed by atoms with van der Waals surface area (Å²) in [6, 6.07) is 12.1. The summed E-state index contributed by atoms with van der Waals surface area (Å²) in [6.45, 7) is 5.21. The summed E-state index contributed by atoms with van der Waals surface area (Å²) >= 11 is 0. The van der Waals surface area contributed by atoms with Crippen LogP contribution < -0.4 is 22.2 Å². The van der Waals surface area contributed by atoms with Gasteiger partial charge in [-0.05, 0) is 69.0 Å². The SMILES string of the molecule is Cc1ccc(Nc2c(C)c(=O)oc3c(-c4cccc(N)c4)c(C)n(C4CC4)c(=O)c23)c(F)c1. The number of anilines is 3. The molecular formula is C26H24FN3O3. The molecule has 2 aromatic carbocycles. The molecule has 0 atom stereocenters. The Morgan fingerprint density at radius 3 is 2.52 bits per heavy atom. The zero-order chi connectivity index (χ0) is 23.4. The van der Waals surface area contributed by atoms with Crippen LogP contribution >= 0.6 is 0 Å². The standard InChI is InChI=1S/C26H24FN3O3/c1-13-7-10-20(19(27)11-13)29-23-14(2)26(32)33-24-21(16-5-4-6-17(28)12-16)15(3)30(18-8-9-18)25(31)22(23)24/h4-7,10-12,18,29H,8-9,28H2,1-3H3. The molecular weight excluding hydrogens is 421 g/mol. The van der Waals surface area contributed by atoms with Crippen molar-refractivity contribution in [3.63, 3.8) is 0 Å². The van der Waals surface area contributed by atoms with Gasteiger partial charge in [-0.3, -0.25) is 4.79 Å². The van der Waals surface area contributed by atoms with E-state index < -0.39 is 11.4 Å². The van der Waals surface area contributed by atoms with Crippen LogP contribution in [-0.2, 0) is 0 Å². The fraction of sp³-hybridized carbons (Fsp3) is 0.231. The lowest BCUT2D eigenvalue weighted by molar-refractivity contribution is 0.553. The van der Waals surface area contributed by atoms with Crippen LogP contribution in [0.4, 0.5) is 21.5 Å². The Kier molecular flexibility index (Phi) is 4.85. The molecule has 168 valence electrons. The molecule has 0 radical (unpaired) electrons. The molecule has 2 heterocycles. The molecule has 0 spiro atoms. The third kappa shape index (κ3) is 3.50. The molecule has 1 aliphatic rings. The van der Waals surface area contributed by atoms with Gasteiger partial charge in [0.2, 0.25) is 0 Å². The van der Waals surface area contributed by atoms with Crippen molar-refractivity contribution in [1.82, 2.24) is 4.57 Å². The third-order valence-corrected chi connectivity index (χ3v) is 6.21. The Hall–Kier alpha value is -3.87. The number of pyridine rings is 1. The van der Waals surface area contributed by atoms with E-state index in [0.717, 1.165) is 24.0 Å². The molecule has 0 bridgehead atoms. The van der Waals surface area contributed by atoms with E-state index in [1.54, 1.807) is 42.7 Å². The number of nitrogens with two attached hydrogens (primary N) is 1. The number of aromatic nitrogens is 1. The maximum Gasteiger partial charge on any atom is 0.341 e. The molecule has 1 saturated carbocycles. The van der Waals surface area contributed by atoms with Crippen molar-refractivity contribution in [2.24, 2.45) is 0 Å². The van der Waals surface area contributed by atoms with Crippen LogP contribution in [0.1, 0.15) is 35.7 Å². The Balaban J connectivity index is 1.89. The summed E-state index contributed by atoms with van der Waals surface area (Å²) in [6.07, 6.45) is 1.79. The van der Waals surface area contributed by atoms with Crippen molar-refractivity contribution in [2.75, 3.05) is 11.1 Å². The van der Waals surface area contributed by atoms with Crippen LogP contribution in [0.15, 0.2) is 56.5 Å². The lowest BCUT2D eigenvalue weighted by Gasteiger charge is -2.19. The second-order valence-electron chi connectivity index (χ2n) is 8.69. The molecule has 5 rings (SSSR count). The molecule has 1 aliphatic carbocycles. The first-order valence-corrected chi connectivity index (χ1v) is 10.9. The number of aryl methyl sites for hydroxylation is 1. The zero-order valence-electron chi connectivity index (χ0n) is 18.7. The maximum atomic E-state index is 14.7. The van der Waals surface area contributed by atoms with Gasteiger partial charge in [-0.1, -0.05) is 18.2 Å². The van der Waals surface area contributed by atoms with E-state index in [2.05, 4.69) is 5.32 Å². The average molecular weight is 445 g/mol. The number of nitrogen functional groups attached to an aromatic ring is 1. The van der Waals surface area contributed by atoms with E-state index in [-0.39, 0.29) is 39.5 Å². The summed E-state index contributed by atoms with van der Waals surface area (Å²) in [7, 11) is 0. The molecule has 0 unspecified atom stereocenters. The predicted octanol–water partition coefficient (Wildman–Crippen LogP) is 5.35. The maximum absolute atomic E-state index is 14.7. The molecule has 2 aromatic heterocycles. The Bertz CT molecular complexity index is 1550. The average Bonchev–Trinajstić information content (AvgIpc) is 3.58. The molecule has 3 N–H and O–H groups in total. The summed E-state index contributed by atoms with van der Waals surface area (Å²) in [4.78, 5) is 26.6. The highest BCUT2D eigenvalue weighted by molar-refractivity contribution is 6.01. The molecule has 7 heteroatoms. The second kappa shape index (κ2) is 7.62. The normalized spacial score (nSPS) is 13.5. The van der Waals surface area contributed by atoms with Crippen molar-refractivity contribution in [3.8, 4) is 11.1 Å². The summed E-state index contributed by atoms with van der Waals surface area (Å²) in [5.74, 6) is -0.471. The number of fused-ring (bicyclic) bond motifs is 1. The van der Waals surface area contributed by atoms with Gasteiger partial charge >= 0.3 is 5.63 Å². The number of nitrogens with one attached hydrogen (secondary N) is 1. The summed E-state index contributed by atoms with van der Waals surface area (Å²) < 4.78 is 22.2. The van der Waals surface area contributed by atoms with Crippen LogP contribution in [0.5, 0.6) is 0 Å². The molecule has 0 saturated heterocycles. The lowest BCUT2D eigenvalue weighted by atomic mass is 9.99. The molecule has 1 fully saturated rings. The van der Waals surface area contributed by atoms with E-state index in [1.165, 1.54) is 6.07 Å². The lowest BCUT2D eigenvalue weighted by Crippen LogP contribution is -2.25. The fourth-order valence-corrected chi connectivity index (χ4v) is 4.38. The smallest absolute Gasteiger partial charge is 0.341 e. The molecule has 33 heavy (non-hydrogen) atoms. The van der Waals surface area contributed by atoms with Crippen LogP contribution in [0.3, 0.4) is 0 Å². The zero-order valence-corrected chi connectivity index (χ0v) is 18.7. The highest BCUT2D eigenvalue weighted by Crippen LogP contribution is 2.41. The van der Waals surface area contributed by atoms with Crippen LogP contribution in [0.25, 0.3) is 22.1 Å². The van der Waals surface area contributed by atoms with Gasteiger partial charge < -0.3 is 20.0 Å². The van der Waals surface area contributed by atoms with Gasteiger partial charge in [-0.25, -0.2) is 9.18 Å². The highest BCUT2D eigenvalue weighted by atomic mass is 19.1. The minimum absolute atomic E-state index is 0.0814. The van der Waals surface area contributed by atoms with Gasteiger partial charge in [0.05, 0.1) is 16.9 Å². The minimum Gasteiger partial charge on any atom is -0.421 e. The predicted molar refractivity (Wildman–Crippen MR) is 129 cm³/mol. The van der Waals surface area contributed by atoms with E-state index in [1.807, 2.05) is 19.1 Å². The van der Waals surface area contributed by atoms with Gasteiger partial charge in [0.1, 0.15) is 11.2 Å². The van der Waals surface area contributed by atoms with Gasteiger partial charge in [-0.15, -0.1) is 0 Å². The van der Waals surface area contributed by atoms with Crippen LogP contribution in [-0.4, -0.2) is 4.57 Å².